The second kappa shape index (κ2) is 7.06. The summed E-state index contributed by atoms with van der Waals surface area (Å²) in [5, 5.41) is 8.34. The molecule has 0 aliphatic carbocycles. The van der Waals surface area contributed by atoms with Crippen LogP contribution in [-0.4, -0.2) is 16.8 Å². The smallest absolute Gasteiger partial charge is 0.255 e. The molecule has 120 valence electrons. The second-order valence-corrected chi connectivity index (χ2v) is 6.03. The molecule has 3 aromatic rings. The van der Waals surface area contributed by atoms with Crippen LogP contribution in [0.1, 0.15) is 17.3 Å². The number of carbonyl (C=O) groups excluding carboxylic acids is 2. The normalized spacial score (nSPS) is 10.2. The lowest BCUT2D eigenvalue weighted by Gasteiger charge is -2.08. The van der Waals surface area contributed by atoms with Gasteiger partial charge in [0.25, 0.3) is 5.91 Å². The highest BCUT2D eigenvalue weighted by atomic mass is 32.1. The fraction of sp³-hybridized carbons (Fsp3) is 0.0556. The molecular formula is C18H15N3O2S. The molecule has 0 radical (unpaired) electrons. The average molecular weight is 337 g/mol. The van der Waals surface area contributed by atoms with Crippen molar-refractivity contribution in [1.82, 2.24) is 4.98 Å². The molecule has 0 spiro atoms. The summed E-state index contributed by atoms with van der Waals surface area (Å²) in [4.78, 5) is 27.7. The Kier molecular flexibility index (Phi) is 4.67. The van der Waals surface area contributed by atoms with Gasteiger partial charge in [0.1, 0.15) is 5.01 Å². The first-order chi connectivity index (χ1) is 11.6. The molecule has 2 aromatic carbocycles. The number of benzene rings is 2. The largest absolute Gasteiger partial charge is 0.326 e. The summed E-state index contributed by atoms with van der Waals surface area (Å²) in [7, 11) is 0. The summed E-state index contributed by atoms with van der Waals surface area (Å²) in [5.41, 5.74) is 2.80. The Morgan fingerprint density at radius 1 is 1.00 bits per heavy atom. The lowest BCUT2D eigenvalue weighted by atomic mass is 10.1. The molecule has 0 atom stereocenters. The zero-order chi connectivity index (χ0) is 16.9. The van der Waals surface area contributed by atoms with Crippen LogP contribution >= 0.6 is 11.3 Å². The molecule has 1 aromatic heterocycles. The molecule has 0 bridgehead atoms. The molecule has 2 N–H and O–H groups in total. The number of rotatable bonds is 4. The third-order valence-corrected chi connectivity index (χ3v) is 4.09. The van der Waals surface area contributed by atoms with Gasteiger partial charge in [0.2, 0.25) is 5.91 Å². The number of hydrogen-bond acceptors (Lipinski definition) is 4. The second-order valence-electron chi connectivity index (χ2n) is 5.13. The monoisotopic (exact) mass is 337 g/mol. The van der Waals surface area contributed by atoms with Crippen LogP contribution in [0.3, 0.4) is 0 Å². The third kappa shape index (κ3) is 3.85. The van der Waals surface area contributed by atoms with E-state index in [1.54, 1.807) is 53.9 Å². The van der Waals surface area contributed by atoms with E-state index in [0.717, 1.165) is 10.6 Å². The zero-order valence-electron chi connectivity index (χ0n) is 12.9. The van der Waals surface area contributed by atoms with Gasteiger partial charge in [-0.05, 0) is 30.3 Å². The Labute approximate surface area is 143 Å². The Bertz CT molecular complexity index is 858. The molecular weight excluding hydrogens is 322 g/mol. The van der Waals surface area contributed by atoms with Crippen LogP contribution in [0.2, 0.25) is 0 Å². The van der Waals surface area contributed by atoms with Gasteiger partial charge in [0, 0.05) is 41.0 Å². The van der Waals surface area contributed by atoms with Crippen LogP contribution < -0.4 is 10.6 Å². The summed E-state index contributed by atoms with van der Waals surface area (Å²) < 4.78 is 0. The maximum absolute atomic E-state index is 12.3. The van der Waals surface area contributed by atoms with Crippen LogP contribution in [-0.2, 0) is 4.79 Å². The SMILES string of the molecule is CC(=O)Nc1cccc(NC(=O)c2ccc(-c3nccs3)cc2)c1. The van der Waals surface area contributed by atoms with Crippen molar-refractivity contribution in [2.24, 2.45) is 0 Å². The van der Waals surface area contributed by atoms with Crippen molar-refractivity contribution in [2.75, 3.05) is 10.6 Å². The topological polar surface area (TPSA) is 71.1 Å². The van der Waals surface area contributed by atoms with E-state index in [1.807, 2.05) is 17.5 Å². The number of carbonyl (C=O) groups is 2. The zero-order valence-corrected chi connectivity index (χ0v) is 13.8. The molecule has 24 heavy (non-hydrogen) atoms. The van der Waals surface area contributed by atoms with Gasteiger partial charge < -0.3 is 10.6 Å². The summed E-state index contributed by atoms with van der Waals surface area (Å²) in [6.07, 6.45) is 1.75. The Balaban J connectivity index is 1.72. The summed E-state index contributed by atoms with van der Waals surface area (Å²) in [5.74, 6) is -0.364. The number of hydrogen-bond donors (Lipinski definition) is 2. The van der Waals surface area contributed by atoms with Crippen molar-refractivity contribution in [3.63, 3.8) is 0 Å². The van der Waals surface area contributed by atoms with Crippen molar-refractivity contribution >= 4 is 34.5 Å². The van der Waals surface area contributed by atoms with Crippen molar-refractivity contribution in [3.8, 4) is 10.6 Å². The van der Waals surface area contributed by atoms with Gasteiger partial charge in [-0.15, -0.1) is 11.3 Å². The fourth-order valence-electron chi connectivity index (χ4n) is 2.21. The van der Waals surface area contributed by atoms with Crippen LogP contribution in [0, 0.1) is 0 Å². The van der Waals surface area contributed by atoms with E-state index in [2.05, 4.69) is 15.6 Å². The molecule has 0 saturated carbocycles. The standard InChI is InChI=1S/C18H15N3O2S/c1-12(22)20-15-3-2-4-16(11-15)21-17(23)13-5-7-14(8-6-13)18-19-9-10-24-18/h2-11H,1H3,(H,20,22)(H,21,23). The first kappa shape index (κ1) is 15.9. The van der Waals surface area contributed by atoms with Crippen molar-refractivity contribution in [2.45, 2.75) is 6.92 Å². The van der Waals surface area contributed by atoms with Gasteiger partial charge >= 0.3 is 0 Å². The fourth-order valence-corrected chi connectivity index (χ4v) is 2.86. The molecule has 6 heteroatoms. The summed E-state index contributed by atoms with van der Waals surface area (Å²) in [6, 6.07) is 14.3. The van der Waals surface area contributed by atoms with Crippen molar-refractivity contribution in [3.05, 3.63) is 65.7 Å². The Hall–Kier alpha value is -2.99. The molecule has 0 saturated heterocycles. The van der Waals surface area contributed by atoms with E-state index in [-0.39, 0.29) is 11.8 Å². The predicted molar refractivity (Wildman–Crippen MR) is 96.2 cm³/mol. The molecule has 0 unspecified atom stereocenters. The van der Waals surface area contributed by atoms with Gasteiger partial charge in [0.05, 0.1) is 0 Å². The molecule has 3 rings (SSSR count). The first-order valence-corrected chi connectivity index (χ1v) is 8.19. The van der Waals surface area contributed by atoms with E-state index in [0.29, 0.717) is 16.9 Å². The van der Waals surface area contributed by atoms with E-state index in [4.69, 9.17) is 0 Å². The molecule has 0 aliphatic rings. The van der Waals surface area contributed by atoms with E-state index in [1.165, 1.54) is 6.92 Å². The van der Waals surface area contributed by atoms with Gasteiger partial charge in [0.15, 0.2) is 0 Å². The van der Waals surface area contributed by atoms with Crippen LogP contribution in [0.25, 0.3) is 10.6 Å². The summed E-state index contributed by atoms with van der Waals surface area (Å²) >= 11 is 1.55. The van der Waals surface area contributed by atoms with Crippen LogP contribution in [0.4, 0.5) is 11.4 Å². The minimum atomic E-state index is -0.208. The summed E-state index contributed by atoms with van der Waals surface area (Å²) in [6.45, 7) is 1.44. The van der Waals surface area contributed by atoms with Crippen molar-refractivity contribution < 1.29 is 9.59 Å². The lowest BCUT2D eigenvalue weighted by molar-refractivity contribution is -0.114. The predicted octanol–water partition coefficient (Wildman–Crippen LogP) is 4.02. The molecule has 5 nitrogen and oxygen atoms in total. The Morgan fingerprint density at radius 2 is 1.71 bits per heavy atom. The van der Waals surface area contributed by atoms with Crippen LogP contribution in [0.15, 0.2) is 60.1 Å². The average Bonchev–Trinajstić information content (AvgIpc) is 3.09. The number of nitrogens with one attached hydrogen (secondary N) is 2. The van der Waals surface area contributed by atoms with E-state index in [9.17, 15) is 9.59 Å². The lowest BCUT2D eigenvalue weighted by Crippen LogP contribution is -2.12. The highest BCUT2D eigenvalue weighted by Gasteiger charge is 2.08. The molecule has 0 aliphatic heterocycles. The highest BCUT2D eigenvalue weighted by Crippen LogP contribution is 2.22. The van der Waals surface area contributed by atoms with Crippen LogP contribution in [0.5, 0.6) is 0 Å². The van der Waals surface area contributed by atoms with Gasteiger partial charge in [-0.1, -0.05) is 18.2 Å². The van der Waals surface area contributed by atoms with E-state index >= 15 is 0 Å². The number of thiazole rings is 1. The van der Waals surface area contributed by atoms with Gasteiger partial charge in [-0.25, -0.2) is 4.98 Å². The third-order valence-electron chi connectivity index (χ3n) is 3.27. The van der Waals surface area contributed by atoms with E-state index < -0.39 is 0 Å². The quantitative estimate of drug-likeness (QED) is 0.755. The Morgan fingerprint density at radius 3 is 2.33 bits per heavy atom. The molecule has 2 amide bonds. The number of amides is 2. The van der Waals surface area contributed by atoms with Gasteiger partial charge in [-0.2, -0.15) is 0 Å². The molecule has 0 fully saturated rings. The minimum absolute atomic E-state index is 0.156. The number of anilines is 2. The minimum Gasteiger partial charge on any atom is -0.326 e. The molecule has 1 heterocycles. The maximum atomic E-state index is 12.3. The van der Waals surface area contributed by atoms with Crippen molar-refractivity contribution in [1.29, 1.82) is 0 Å². The first-order valence-electron chi connectivity index (χ1n) is 7.31. The number of aromatic nitrogens is 1. The maximum Gasteiger partial charge on any atom is 0.255 e. The van der Waals surface area contributed by atoms with Gasteiger partial charge in [-0.3, -0.25) is 9.59 Å². The highest BCUT2D eigenvalue weighted by molar-refractivity contribution is 7.13. The number of nitrogens with zero attached hydrogens (tertiary/aromatic N) is 1.